The Kier molecular flexibility index (Phi) is 4.69. The molecule has 1 atom stereocenters. The van der Waals surface area contributed by atoms with Gasteiger partial charge in [0.25, 0.3) is 5.92 Å². The molecule has 1 fully saturated rings. The zero-order valence-electron chi connectivity index (χ0n) is 14.9. The molecule has 1 aromatic heterocycles. The van der Waals surface area contributed by atoms with Crippen LogP contribution in [0.5, 0.6) is 0 Å². The molecule has 0 amide bonds. The van der Waals surface area contributed by atoms with E-state index in [4.69, 9.17) is 22.6 Å². The molecule has 0 aliphatic carbocycles. The number of benzene rings is 2. The van der Waals surface area contributed by atoms with E-state index in [2.05, 4.69) is 11.1 Å². The number of piperidine rings is 1. The van der Waals surface area contributed by atoms with Gasteiger partial charge in [-0.3, -0.25) is 0 Å². The zero-order valence-corrected chi connectivity index (χ0v) is 15.7. The van der Waals surface area contributed by atoms with E-state index in [-0.39, 0.29) is 19.5 Å². The van der Waals surface area contributed by atoms with Gasteiger partial charge in [-0.05, 0) is 35.9 Å². The first kappa shape index (κ1) is 18.7. The maximum atomic E-state index is 13.8. The van der Waals surface area contributed by atoms with Crippen molar-refractivity contribution < 1.29 is 8.78 Å². The van der Waals surface area contributed by atoms with Crippen LogP contribution in [0.3, 0.4) is 0 Å². The van der Waals surface area contributed by atoms with E-state index in [1.807, 2.05) is 28.8 Å². The predicted octanol–water partition coefficient (Wildman–Crippen LogP) is 3.78. The van der Waals surface area contributed by atoms with Crippen molar-refractivity contribution in [3.63, 3.8) is 0 Å². The second-order valence-electron chi connectivity index (χ2n) is 7.00. The Morgan fingerprint density at radius 2 is 2.00 bits per heavy atom. The van der Waals surface area contributed by atoms with Crippen LogP contribution in [0.25, 0.3) is 11.0 Å². The molecule has 2 aromatic carbocycles. The van der Waals surface area contributed by atoms with Crippen LogP contribution in [0.2, 0.25) is 5.02 Å². The first-order valence-corrected chi connectivity index (χ1v) is 9.28. The number of rotatable bonds is 3. The standard InChI is InChI=1S/C20H18ClF2N5/c21-15-5-6-16-17(9-15)28(11-14-3-1-13(10-24)2-4-14)19(26-16)27-8-7-20(22,23)18(25)12-27/h1-6,9,18H,7-8,11-12,25H2/t18-/m1/s1. The molecular weight excluding hydrogens is 384 g/mol. The lowest BCUT2D eigenvalue weighted by Crippen LogP contribution is -2.55. The number of nitriles is 1. The zero-order chi connectivity index (χ0) is 19.9. The number of imidazole rings is 1. The van der Waals surface area contributed by atoms with Crippen LogP contribution in [0.1, 0.15) is 17.5 Å². The van der Waals surface area contributed by atoms with E-state index in [1.165, 1.54) is 0 Å². The van der Waals surface area contributed by atoms with Gasteiger partial charge in [0.1, 0.15) is 0 Å². The van der Waals surface area contributed by atoms with Gasteiger partial charge in [0.05, 0.1) is 35.3 Å². The summed E-state index contributed by atoms with van der Waals surface area (Å²) in [7, 11) is 0. The lowest BCUT2D eigenvalue weighted by molar-refractivity contribution is -0.0395. The topological polar surface area (TPSA) is 70.9 Å². The summed E-state index contributed by atoms with van der Waals surface area (Å²) in [6, 6.07) is 13.5. The third-order valence-electron chi connectivity index (χ3n) is 5.07. The molecule has 0 bridgehead atoms. The average Bonchev–Trinajstić information content (AvgIpc) is 3.02. The molecule has 0 radical (unpaired) electrons. The van der Waals surface area contributed by atoms with Gasteiger partial charge in [-0.25, -0.2) is 13.8 Å². The molecular formula is C20H18ClF2N5. The highest BCUT2D eigenvalue weighted by Crippen LogP contribution is 2.32. The number of hydrogen-bond donors (Lipinski definition) is 1. The lowest BCUT2D eigenvalue weighted by Gasteiger charge is -2.37. The Morgan fingerprint density at radius 1 is 1.25 bits per heavy atom. The fraction of sp³-hybridized carbons (Fsp3) is 0.300. The molecule has 1 aliphatic rings. The number of alkyl halides is 2. The average molecular weight is 402 g/mol. The summed E-state index contributed by atoms with van der Waals surface area (Å²) < 4.78 is 29.6. The molecule has 8 heteroatoms. The number of fused-ring (bicyclic) bond motifs is 1. The highest BCUT2D eigenvalue weighted by molar-refractivity contribution is 6.31. The summed E-state index contributed by atoms with van der Waals surface area (Å²) >= 11 is 6.18. The van der Waals surface area contributed by atoms with Crippen LogP contribution >= 0.6 is 11.6 Å². The van der Waals surface area contributed by atoms with E-state index in [0.717, 1.165) is 16.6 Å². The summed E-state index contributed by atoms with van der Waals surface area (Å²) in [6.45, 7) is 0.669. The number of nitrogens with two attached hydrogens (primary N) is 1. The van der Waals surface area contributed by atoms with Crippen LogP contribution in [0, 0.1) is 11.3 Å². The number of nitrogens with zero attached hydrogens (tertiary/aromatic N) is 4. The fourth-order valence-corrected chi connectivity index (χ4v) is 3.63. The summed E-state index contributed by atoms with van der Waals surface area (Å²) in [6.07, 6.45) is -0.311. The van der Waals surface area contributed by atoms with Gasteiger partial charge in [0, 0.05) is 24.5 Å². The largest absolute Gasteiger partial charge is 0.340 e. The Labute approximate surface area is 165 Å². The van der Waals surface area contributed by atoms with Gasteiger partial charge in [-0.2, -0.15) is 5.26 Å². The van der Waals surface area contributed by atoms with Gasteiger partial charge in [-0.15, -0.1) is 0 Å². The first-order valence-electron chi connectivity index (χ1n) is 8.90. The number of anilines is 1. The minimum Gasteiger partial charge on any atom is -0.340 e. The van der Waals surface area contributed by atoms with E-state index in [1.54, 1.807) is 23.1 Å². The Hall–Kier alpha value is -2.69. The highest BCUT2D eigenvalue weighted by atomic mass is 35.5. The fourth-order valence-electron chi connectivity index (χ4n) is 3.46. The SMILES string of the molecule is N#Cc1ccc(Cn2c(N3CCC(F)(F)[C@H](N)C3)nc3ccc(Cl)cc32)cc1. The van der Waals surface area contributed by atoms with E-state index >= 15 is 0 Å². The van der Waals surface area contributed by atoms with E-state index < -0.39 is 12.0 Å². The molecule has 0 spiro atoms. The van der Waals surface area contributed by atoms with E-state index in [9.17, 15) is 8.78 Å². The molecule has 144 valence electrons. The molecule has 0 saturated carbocycles. The molecule has 0 unspecified atom stereocenters. The normalized spacial score (nSPS) is 19.0. The maximum absolute atomic E-state index is 13.8. The number of halogens is 3. The molecule has 28 heavy (non-hydrogen) atoms. The van der Waals surface area contributed by atoms with Gasteiger partial charge >= 0.3 is 0 Å². The van der Waals surface area contributed by atoms with Crippen LogP contribution in [-0.2, 0) is 6.54 Å². The van der Waals surface area contributed by atoms with Crippen molar-refractivity contribution in [2.45, 2.75) is 24.9 Å². The third-order valence-corrected chi connectivity index (χ3v) is 5.31. The van der Waals surface area contributed by atoms with Crippen LogP contribution in [0.4, 0.5) is 14.7 Å². The van der Waals surface area contributed by atoms with Crippen molar-refractivity contribution >= 4 is 28.6 Å². The lowest BCUT2D eigenvalue weighted by atomic mass is 10.0. The van der Waals surface area contributed by atoms with Crippen molar-refractivity contribution in [1.29, 1.82) is 5.26 Å². The summed E-state index contributed by atoms with van der Waals surface area (Å²) in [4.78, 5) is 6.47. The predicted molar refractivity (Wildman–Crippen MR) is 105 cm³/mol. The quantitative estimate of drug-likeness (QED) is 0.725. The molecule has 2 heterocycles. The van der Waals surface area contributed by atoms with E-state index in [0.29, 0.717) is 23.1 Å². The summed E-state index contributed by atoms with van der Waals surface area (Å²) in [5, 5.41) is 9.55. The second kappa shape index (κ2) is 7.04. The smallest absolute Gasteiger partial charge is 0.266 e. The van der Waals surface area contributed by atoms with Crippen molar-refractivity contribution in [1.82, 2.24) is 9.55 Å². The summed E-state index contributed by atoms with van der Waals surface area (Å²) in [5.74, 6) is -2.28. The number of aromatic nitrogens is 2. The molecule has 4 rings (SSSR count). The Morgan fingerprint density at radius 3 is 2.68 bits per heavy atom. The van der Waals surface area contributed by atoms with Gasteiger partial charge < -0.3 is 15.2 Å². The van der Waals surface area contributed by atoms with Crippen LogP contribution in [0.15, 0.2) is 42.5 Å². The van der Waals surface area contributed by atoms with Gasteiger partial charge in [0.15, 0.2) is 0 Å². The molecule has 1 saturated heterocycles. The maximum Gasteiger partial charge on any atom is 0.266 e. The molecule has 1 aliphatic heterocycles. The molecule has 2 N–H and O–H groups in total. The molecule has 5 nitrogen and oxygen atoms in total. The highest BCUT2D eigenvalue weighted by Gasteiger charge is 2.42. The van der Waals surface area contributed by atoms with Crippen molar-refractivity contribution in [3.8, 4) is 6.07 Å². The summed E-state index contributed by atoms with van der Waals surface area (Å²) in [5.41, 5.74) is 8.81. The Bertz CT molecular complexity index is 1050. The number of hydrogen-bond acceptors (Lipinski definition) is 4. The van der Waals surface area contributed by atoms with Crippen molar-refractivity contribution in [3.05, 3.63) is 58.6 Å². The minimum absolute atomic E-state index is 0.0252. The van der Waals surface area contributed by atoms with Crippen LogP contribution < -0.4 is 10.6 Å². The van der Waals surface area contributed by atoms with Crippen LogP contribution in [-0.4, -0.2) is 34.6 Å². The monoisotopic (exact) mass is 401 g/mol. The molecule has 3 aromatic rings. The van der Waals surface area contributed by atoms with Gasteiger partial charge in [0.2, 0.25) is 5.95 Å². The Balaban J connectivity index is 1.75. The first-order chi connectivity index (χ1) is 13.4. The third kappa shape index (κ3) is 3.41. The van der Waals surface area contributed by atoms with Gasteiger partial charge in [-0.1, -0.05) is 23.7 Å². The second-order valence-corrected chi connectivity index (χ2v) is 7.44. The van der Waals surface area contributed by atoms with Crippen molar-refractivity contribution in [2.24, 2.45) is 5.73 Å². The minimum atomic E-state index is -2.87. The van der Waals surface area contributed by atoms with Crippen molar-refractivity contribution in [2.75, 3.05) is 18.0 Å².